The molecule has 6 nitrogen and oxygen atoms in total. The van der Waals surface area contributed by atoms with Crippen LogP contribution in [0.25, 0.3) is 38.8 Å². The number of anilines is 4. The van der Waals surface area contributed by atoms with Gasteiger partial charge < -0.3 is 14.5 Å². The molecule has 0 amide bonds. The van der Waals surface area contributed by atoms with Gasteiger partial charge in [0.05, 0.1) is 28.6 Å². The van der Waals surface area contributed by atoms with Crippen LogP contribution in [-0.4, -0.2) is 21.2 Å². The van der Waals surface area contributed by atoms with Crippen molar-refractivity contribution in [2.24, 2.45) is 0 Å². The third-order valence-electron chi connectivity index (χ3n) is 12.3. The Morgan fingerprint density at radius 1 is 0.525 bits per heavy atom. The lowest BCUT2D eigenvalue weighted by Gasteiger charge is -2.26. The summed E-state index contributed by atoms with van der Waals surface area (Å²) in [4.78, 5) is 14.3. The van der Waals surface area contributed by atoms with Crippen molar-refractivity contribution in [3.8, 4) is 28.4 Å². The number of rotatable bonds is 6. The average Bonchev–Trinajstić information content (AvgIpc) is 3.76. The van der Waals surface area contributed by atoms with Crippen LogP contribution in [-0.2, 0) is 16.2 Å². The minimum absolute atomic E-state index is 0.00634. The number of hydrogen-bond acceptors (Lipinski definition) is 5. The van der Waals surface area contributed by atoms with Crippen LogP contribution in [0.1, 0.15) is 90.1 Å². The topological polar surface area (TPSA) is 46.4 Å². The number of fused-ring (bicyclic) bond motifs is 4. The van der Waals surface area contributed by atoms with Gasteiger partial charge in [0.2, 0.25) is 0 Å². The lowest BCUT2D eigenvalue weighted by molar-refractivity contribution is 0.479. The van der Waals surface area contributed by atoms with E-state index in [2.05, 4.69) is 211 Å². The van der Waals surface area contributed by atoms with E-state index in [9.17, 15) is 0 Å². The molecule has 4 heterocycles. The summed E-state index contributed by atoms with van der Waals surface area (Å²) in [5.74, 6) is 2.45. The molecule has 3 aromatic heterocycles. The van der Waals surface area contributed by atoms with E-state index in [0.29, 0.717) is 6.67 Å². The van der Waals surface area contributed by atoms with Gasteiger partial charge >= 0.3 is 0 Å². The van der Waals surface area contributed by atoms with Gasteiger partial charge in [-0.15, -0.1) is 0 Å². The van der Waals surface area contributed by atoms with E-state index < -0.39 is 0 Å². The quantitative estimate of drug-likeness (QED) is 0.168. The predicted octanol–water partition coefficient (Wildman–Crippen LogP) is 14.8. The van der Waals surface area contributed by atoms with Crippen LogP contribution in [0.3, 0.4) is 0 Å². The summed E-state index contributed by atoms with van der Waals surface area (Å²) < 4.78 is 9.28. The van der Waals surface area contributed by atoms with Gasteiger partial charge in [-0.3, -0.25) is 9.55 Å². The van der Waals surface area contributed by atoms with Crippen molar-refractivity contribution in [3.63, 3.8) is 0 Å². The fraction of sp³-hybridized carbons (Fsp3) is 0.273. The highest BCUT2D eigenvalue weighted by atomic mass is 16.5. The van der Waals surface area contributed by atoms with Crippen LogP contribution in [0.5, 0.6) is 11.5 Å². The second-order valence-electron chi connectivity index (χ2n) is 19.9. The number of aromatic nitrogens is 3. The maximum atomic E-state index is 6.96. The molecule has 0 fully saturated rings. The summed E-state index contributed by atoms with van der Waals surface area (Å²) in [7, 11) is 0. The van der Waals surface area contributed by atoms with Crippen LogP contribution in [0, 0.1) is 13.8 Å². The Balaban J connectivity index is 1.13. The van der Waals surface area contributed by atoms with E-state index >= 15 is 0 Å². The summed E-state index contributed by atoms with van der Waals surface area (Å²) in [5, 5.41) is 2.36. The molecule has 0 aliphatic carbocycles. The van der Waals surface area contributed by atoms with Crippen LogP contribution in [0.15, 0.2) is 134 Å². The van der Waals surface area contributed by atoms with E-state index in [-0.39, 0.29) is 16.2 Å². The average molecular weight is 804 g/mol. The van der Waals surface area contributed by atoms with Gasteiger partial charge in [-0.05, 0) is 130 Å². The first kappa shape index (κ1) is 40.0. The minimum atomic E-state index is -0.129. The van der Waals surface area contributed by atoms with E-state index in [1.807, 2.05) is 18.6 Å². The highest BCUT2D eigenvalue weighted by molar-refractivity contribution is 6.09. The van der Waals surface area contributed by atoms with Crippen molar-refractivity contribution in [1.29, 1.82) is 0 Å². The molecule has 8 aromatic rings. The van der Waals surface area contributed by atoms with Crippen LogP contribution >= 0.6 is 0 Å². The number of benzene rings is 5. The van der Waals surface area contributed by atoms with Crippen molar-refractivity contribution < 1.29 is 4.74 Å². The second kappa shape index (κ2) is 14.7. The SMILES string of the molecule is Cc1cccc(C)c1-c1cccc(N2CN(c3cc(Oc4ccc5c6ccc(C(C)(C)C)cc6n(-c6cc(C(C)(C)C)ccn6)c5c4)cc(C(C)(C)C)c3)c3cnccc32)c1. The van der Waals surface area contributed by atoms with Gasteiger partial charge in [-0.2, -0.15) is 0 Å². The van der Waals surface area contributed by atoms with Gasteiger partial charge in [0.15, 0.2) is 0 Å². The van der Waals surface area contributed by atoms with Crippen LogP contribution in [0.2, 0.25) is 0 Å². The lowest BCUT2D eigenvalue weighted by Crippen LogP contribution is -2.24. The zero-order valence-electron chi connectivity index (χ0n) is 37.6. The van der Waals surface area contributed by atoms with Crippen molar-refractivity contribution in [1.82, 2.24) is 14.5 Å². The number of nitrogens with zero attached hydrogens (tertiary/aromatic N) is 5. The van der Waals surface area contributed by atoms with Gasteiger partial charge in [0.25, 0.3) is 0 Å². The molecule has 0 atom stereocenters. The van der Waals surface area contributed by atoms with E-state index in [0.717, 1.165) is 56.5 Å². The second-order valence-corrected chi connectivity index (χ2v) is 19.9. The summed E-state index contributed by atoms with van der Waals surface area (Å²) >= 11 is 0. The molecule has 61 heavy (non-hydrogen) atoms. The van der Waals surface area contributed by atoms with Gasteiger partial charge in [0, 0.05) is 46.7 Å². The van der Waals surface area contributed by atoms with Crippen molar-refractivity contribution in [2.45, 2.75) is 92.4 Å². The predicted molar refractivity (Wildman–Crippen MR) is 256 cm³/mol. The Hall–Kier alpha value is -6.40. The monoisotopic (exact) mass is 803 g/mol. The van der Waals surface area contributed by atoms with Crippen LogP contribution < -0.4 is 14.5 Å². The molecule has 0 N–H and O–H groups in total. The Kier molecular flexibility index (Phi) is 9.62. The Labute approximate surface area is 361 Å². The number of pyridine rings is 2. The van der Waals surface area contributed by atoms with Gasteiger partial charge in [-0.25, -0.2) is 4.98 Å². The first-order chi connectivity index (χ1) is 28.9. The molecule has 1 aliphatic heterocycles. The van der Waals surface area contributed by atoms with E-state index in [1.54, 1.807) is 0 Å². The third-order valence-corrected chi connectivity index (χ3v) is 12.3. The first-order valence-electron chi connectivity index (χ1n) is 21.5. The molecule has 308 valence electrons. The maximum Gasteiger partial charge on any atom is 0.137 e. The van der Waals surface area contributed by atoms with Crippen molar-refractivity contribution >= 4 is 44.6 Å². The summed E-state index contributed by atoms with van der Waals surface area (Å²) in [6.45, 7) is 25.4. The Morgan fingerprint density at radius 2 is 1.18 bits per heavy atom. The molecule has 0 unspecified atom stereocenters. The standard InChI is InChI=1S/C55H57N5O/c1-35-14-12-15-36(2)52(35)37-16-13-17-41(26-37)58-34-59(50-33-56-24-23-47(50)58)42-27-40(55(9,10)11)28-44(31-42)61-43-19-21-46-45-20-18-38(53(3,4)5)29-48(45)60(49(46)32-43)51-30-39(22-25-57-51)54(6,7)8/h12-33H,34H2,1-11H3. The van der Waals surface area contributed by atoms with Gasteiger partial charge in [0.1, 0.15) is 24.0 Å². The Bertz CT molecular complexity index is 2950. The van der Waals surface area contributed by atoms with E-state index in [1.165, 1.54) is 44.3 Å². The maximum absolute atomic E-state index is 6.96. The number of aryl methyl sites for hydroxylation is 2. The third kappa shape index (κ3) is 7.43. The summed E-state index contributed by atoms with van der Waals surface area (Å²) in [6.07, 6.45) is 5.81. The van der Waals surface area contributed by atoms with E-state index in [4.69, 9.17) is 9.72 Å². The zero-order valence-corrected chi connectivity index (χ0v) is 37.6. The number of ether oxygens (including phenoxy) is 1. The Morgan fingerprint density at radius 3 is 1.90 bits per heavy atom. The zero-order chi connectivity index (χ0) is 43.0. The smallest absolute Gasteiger partial charge is 0.137 e. The molecule has 1 aliphatic rings. The van der Waals surface area contributed by atoms with Crippen molar-refractivity contribution in [2.75, 3.05) is 16.5 Å². The largest absolute Gasteiger partial charge is 0.457 e. The summed E-state index contributed by atoms with van der Waals surface area (Å²) in [6, 6.07) is 42.0. The van der Waals surface area contributed by atoms with Gasteiger partial charge in [-0.1, -0.05) is 105 Å². The first-order valence-corrected chi connectivity index (χ1v) is 21.5. The molecule has 6 heteroatoms. The molecule has 0 saturated carbocycles. The fourth-order valence-electron chi connectivity index (χ4n) is 8.80. The van der Waals surface area contributed by atoms with Crippen LogP contribution in [0.4, 0.5) is 22.7 Å². The molecule has 0 spiro atoms. The molecule has 0 saturated heterocycles. The molecular formula is C55H57N5O. The highest BCUT2D eigenvalue weighted by Crippen LogP contribution is 2.47. The molecule has 0 bridgehead atoms. The highest BCUT2D eigenvalue weighted by Gasteiger charge is 2.30. The minimum Gasteiger partial charge on any atom is -0.457 e. The molecule has 9 rings (SSSR count). The summed E-state index contributed by atoms with van der Waals surface area (Å²) in [5.41, 5.74) is 15.2. The van der Waals surface area contributed by atoms with Crippen molar-refractivity contribution in [3.05, 3.63) is 162 Å². The molecule has 5 aromatic carbocycles. The lowest BCUT2D eigenvalue weighted by atomic mass is 9.86. The normalized spacial score (nSPS) is 13.4. The fourth-order valence-corrected chi connectivity index (χ4v) is 8.80. The molecular weight excluding hydrogens is 747 g/mol. The number of hydrogen-bond donors (Lipinski definition) is 0. The molecule has 0 radical (unpaired) electrons.